The highest BCUT2D eigenvalue weighted by atomic mass is 35.5. The molecule has 26 heavy (non-hydrogen) atoms. The maximum Gasteiger partial charge on any atom is 0.270 e. The summed E-state index contributed by atoms with van der Waals surface area (Å²) in [5.74, 6) is 0.585. The number of nitrogens with zero attached hydrogens (tertiary/aromatic N) is 3. The summed E-state index contributed by atoms with van der Waals surface area (Å²) in [4.78, 5) is 25.0. The molecule has 2 aromatic heterocycles. The third kappa shape index (κ3) is 4.68. The normalized spacial score (nSPS) is 10.4. The Kier molecular flexibility index (Phi) is 5.65. The van der Waals surface area contributed by atoms with Crippen LogP contribution in [0.15, 0.2) is 48.7 Å². The van der Waals surface area contributed by atoms with Crippen LogP contribution < -0.4 is 10.6 Å². The maximum absolute atomic E-state index is 12.4. The molecule has 0 radical (unpaired) electrons. The van der Waals surface area contributed by atoms with Gasteiger partial charge in [-0.3, -0.25) is 9.78 Å². The van der Waals surface area contributed by atoms with Gasteiger partial charge in [0.2, 0.25) is 0 Å². The summed E-state index contributed by atoms with van der Waals surface area (Å²) in [7, 11) is 0. The summed E-state index contributed by atoms with van der Waals surface area (Å²) in [5, 5.41) is 6.88. The third-order valence-electron chi connectivity index (χ3n) is 3.42. The van der Waals surface area contributed by atoms with Crippen LogP contribution in [0, 0.1) is 6.92 Å². The fourth-order valence-corrected chi connectivity index (χ4v) is 2.58. The van der Waals surface area contributed by atoms with Gasteiger partial charge in [0, 0.05) is 17.3 Å². The van der Waals surface area contributed by atoms with Crippen molar-refractivity contribution in [3.63, 3.8) is 0 Å². The SMILES string of the molecule is Cc1nc(Nc2cc(Cl)ccc2Cl)cc(C(=O)NCc2ccccn2)n1. The Morgan fingerprint density at radius 1 is 1.12 bits per heavy atom. The molecule has 2 heterocycles. The molecule has 0 aliphatic rings. The number of pyridine rings is 1. The molecule has 2 N–H and O–H groups in total. The van der Waals surface area contributed by atoms with Crippen LogP contribution in [0.25, 0.3) is 0 Å². The summed E-state index contributed by atoms with van der Waals surface area (Å²) in [6.07, 6.45) is 1.67. The zero-order valence-corrected chi connectivity index (χ0v) is 15.3. The number of hydrogen-bond donors (Lipinski definition) is 2. The number of benzene rings is 1. The highest BCUT2D eigenvalue weighted by Crippen LogP contribution is 2.28. The molecule has 1 aromatic carbocycles. The third-order valence-corrected chi connectivity index (χ3v) is 3.98. The molecule has 0 saturated heterocycles. The second kappa shape index (κ2) is 8.12. The predicted octanol–water partition coefficient (Wildman–Crippen LogP) is 4.16. The van der Waals surface area contributed by atoms with Crippen LogP contribution in [0.4, 0.5) is 11.5 Å². The second-order valence-corrected chi connectivity index (χ2v) is 6.28. The van der Waals surface area contributed by atoms with Gasteiger partial charge in [0.1, 0.15) is 17.3 Å². The van der Waals surface area contributed by atoms with Crippen LogP contribution in [-0.4, -0.2) is 20.9 Å². The highest BCUT2D eigenvalue weighted by Gasteiger charge is 2.12. The molecule has 0 aliphatic heterocycles. The van der Waals surface area contributed by atoms with Gasteiger partial charge in [-0.25, -0.2) is 9.97 Å². The minimum absolute atomic E-state index is 0.245. The molecular weight excluding hydrogens is 373 g/mol. The molecular formula is C18H15Cl2N5O. The lowest BCUT2D eigenvalue weighted by atomic mass is 10.3. The Labute approximate surface area is 160 Å². The molecule has 3 aromatic rings. The lowest BCUT2D eigenvalue weighted by molar-refractivity contribution is 0.0945. The molecule has 1 amide bonds. The van der Waals surface area contributed by atoms with Crippen molar-refractivity contribution in [1.82, 2.24) is 20.3 Å². The van der Waals surface area contributed by atoms with Crippen molar-refractivity contribution in [3.05, 3.63) is 75.9 Å². The Morgan fingerprint density at radius 2 is 1.96 bits per heavy atom. The standard InChI is InChI=1S/C18H15Cl2N5O/c1-11-23-16(18(26)22-10-13-4-2-3-7-21-13)9-17(24-11)25-15-8-12(19)5-6-14(15)20/h2-9H,10H2,1H3,(H,22,26)(H,23,24,25). The Morgan fingerprint density at radius 3 is 2.73 bits per heavy atom. The number of rotatable bonds is 5. The van der Waals surface area contributed by atoms with Crippen molar-refractivity contribution in [3.8, 4) is 0 Å². The molecule has 6 nitrogen and oxygen atoms in total. The van der Waals surface area contributed by atoms with Crippen molar-refractivity contribution in [1.29, 1.82) is 0 Å². The van der Waals surface area contributed by atoms with Crippen LogP contribution in [0.2, 0.25) is 10.0 Å². The molecule has 132 valence electrons. The number of aromatic nitrogens is 3. The molecule has 0 atom stereocenters. The molecule has 0 spiro atoms. The first kappa shape index (κ1) is 18.1. The van der Waals surface area contributed by atoms with Gasteiger partial charge < -0.3 is 10.6 Å². The minimum Gasteiger partial charge on any atom is -0.345 e. The largest absolute Gasteiger partial charge is 0.345 e. The second-order valence-electron chi connectivity index (χ2n) is 5.44. The van der Waals surface area contributed by atoms with Gasteiger partial charge in [0.25, 0.3) is 5.91 Å². The number of amides is 1. The summed E-state index contributed by atoms with van der Waals surface area (Å²) >= 11 is 12.1. The zero-order valence-electron chi connectivity index (χ0n) is 13.8. The van der Waals surface area contributed by atoms with Gasteiger partial charge in [-0.05, 0) is 37.3 Å². The number of nitrogens with one attached hydrogen (secondary N) is 2. The van der Waals surface area contributed by atoms with Gasteiger partial charge in [0.05, 0.1) is 22.9 Å². The lowest BCUT2D eigenvalue weighted by Crippen LogP contribution is -2.24. The molecule has 0 bridgehead atoms. The van der Waals surface area contributed by atoms with Crippen LogP contribution in [0.3, 0.4) is 0 Å². The van der Waals surface area contributed by atoms with E-state index >= 15 is 0 Å². The smallest absolute Gasteiger partial charge is 0.270 e. The number of anilines is 2. The Hall–Kier alpha value is -2.70. The first-order valence-electron chi connectivity index (χ1n) is 7.77. The Bertz CT molecular complexity index is 934. The molecule has 0 unspecified atom stereocenters. The maximum atomic E-state index is 12.4. The summed E-state index contributed by atoms with van der Waals surface area (Å²) in [6, 6.07) is 12.1. The van der Waals surface area contributed by atoms with Gasteiger partial charge in [-0.2, -0.15) is 0 Å². The van der Waals surface area contributed by atoms with Crippen LogP contribution >= 0.6 is 23.2 Å². The molecule has 0 aliphatic carbocycles. The van der Waals surface area contributed by atoms with Gasteiger partial charge in [-0.1, -0.05) is 29.3 Å². The number of aryl methyl sites for hydroxylation is 1. The zero-order chi connectivity index (χ0) is 18.5. The van der Waals surface area contributed by atoms with Gasteiger partial charge >= 0.3 is 0 Å². The first-order chi connectivity index (χ1) is 12.5. The van der Waals surface area contributed by atoms with Crippen molar-refractivity contribution in [2.45, 2.75) is 13.5 Å². The van der Waals surface area contributed by atoms with Gasteiger partial charge in [-0.15, -0.1) is 0 Å². The number of carbonyl (C=O) groups is 1. The van der Waals surface area contributed by atoms with E-state index in [2.05, 4.69) is 25.6 Å². The number of hydrogen-bond acceptors (Lipinski definition) is 5. The van der Waals surface area contributed by atoms with E-state index < -0.39 is 0 Å². The van der Waals surface area contributed by atoms with Crippen molar-refractivity contribution < 1.29 is 4.79 Å². The van der Waals surface area contributed by atoms with E-state index in [-0.39, 0.29) is 11.6 Å². The fourth-order valence-electron chi connectivity index (χ4n) is 2.24. The topological polar surface area (TPSA) is 79.8 Å². The average molecular weight is 388 g/mol. The van der Waals surface area contributed by atoms with Crippen molar-refractivity contribution >= 4 is 40.6 Å². The summed E-state index contributed by atoms with van der Waals surface area (Å²) in [6.45, 7) is 2.02. The quantitative estimate of drug-likeness (QED) is 0.686. The van der Waals surface area contributed by atoms with E-state index in [4.69, 9.17) is 23.2 Å². The Balaban J connectivity index is 1.76. The van der Waals surface area contributed by atoms with E-state index in [9.17, 15) is 4.79 Å². The van der Waals surface area contributed by atoms with Crippen molar-refractivity contribution in [2.24, 2.45) is 0 Å². The van der Waals surface area contributed by atoms with E-state index in [1.54, 1.807) is 37.4 Å². The van der Waals surface area contributed by atoms with E-state index in [1.165, 1.54) is 0 Å². The average Bonchev–Trinajstić information content (AvgIpc) is 2.63. The van der Waals surface area contributed by atoms with Gasteiger partial charge in [0.15, 0.2) is 0 Å². The van der Waals surface area contributed by atoms with E-state index in [0.717, 1.165) is 5.69 Å². The van der Waals surface area contributed by atoms with E-state index in [0.29, 0.717) is 33.9 Å². The van der Waals surface area contributed by atoms with Crippen LogP contribution in [0.5, 0.6) is 0 Å². The summed E-state index contributed by atoms with van der Waals surface area (Å²) in [5.41, 5.74) is 1.60. The highest BCUT2D eigenvalue weighted by molar-refractivity contribution is 6.35. The number of halogens is 2. The monoisotopic (exact) mass is 387 g/mol. The van der Waals surface area contributed by atoms with Crippen LogP contribution in [-0.2, 0) is 6.54 Å². The number of carbonyl (C=O) groups excluding carboxylic acids is 1. The van der Waals surface area contributed by atoms with E-state index in [1.807, 2.05) is 18.2 Å². The summed E-state index contributed by atoms with van der Waals surface area (Å²) < 4.78 is 0. The molecule has 0 saturated carbocycles. The molecule has 3 rings (SSSR count). The van der Waals surface area contributed by atoms with Crippen molar-refractivity contribution in [2.75, 3.05) is 5.32 Å². The molecule has 0 fully saturated rings. The minimum atomic E-state index is -0.318. The predicted molar refractivity (Wildman–Crippen MR) is 102 cm³/mol. The lowest BCUT2D eigenvalue weighted by Gasteiger charge is -2.10. The first-order valence-corrected chi connectivity index (χ1v) is 8.53. The van der Waals surface area contributed by atoms with Crippen LogP contribution in [0.1, 0.15) is 22.0 Å². The fraction of sp³-hybridized carbons (Fsp3) is 0.111. The molecule has 8 heteroatoms.